The molecular weight excluding hydrogens is 322 g/mol. The lowest BCUT2D eigenvalue weighted by atomic mass is 10.2. The Morgan fingerprint density at radius 2 is 2.26 bits per heavy atom. The van der Waals surface area contributed by atoms with Crippen LogP contribution in [0, 0.1) is 0 Å². The maximum Gasteiger partial charge on any atom is 0.246 e. The van der Waals surface area contributed by atoms with Crippen molar-refractivity contribution < 1.29 is 18.4 Å². The van der Waals surface area contributed by atoms with E-state index in [1.165, 1.54) is 19.2 Å². The lowest BCUT2D eigenvalue weighted by Gasteiger charge is -2.16. The molecule has 0 bridgehead atoms. The van der Waals surface area contributed by atoms with E-state index in [1.807, 2.05) is 10.8 Å². The Balaban J connectivity index is 1.93. The number of nitrogen functional groups attached to an aromatic ring is 1. The van der Waals surface area contributed by atoms with Crippen molar-refractivity contribution in [3.05, 3.63) is 6.33 Å². The van der Waals surface area contributed by atoms with Crippen LogP contribution in [0.5, 0.6) is 5.88 Å². The molecule has 2 N–H and O–H groups in total. The average molecular weight is 341 g/mol. The Morgan fingerprint density at radius 3 is 2.96 bits per heavy atom. The number of hydrogen-bond donors (Lipinski definition) is 1. The van der Waals surface area contributed by atoms with Crippen molar-refractivity contribution in [1.82, 2.24) is 19.5 Å². The van der Waals surface area contributed by atoms with E-state index in [-0.39, 0.29) is 24.4 Å². The highest BCUT2D eigenvalue weighted by atomic mass is 32.2. The van der Waals surface area contributed by atoms with E-state index in [0.717, 1.165) is 0 Å². The second kappa shape index (κ2) is 6.87. The van der Waals surface area contributed by atoms with E-state index in [4.69, 9.17) is 24.1 Å². The van der Waals surface area contributed by atoms with Gasteiger partial charge in [-0.05, 0) is 12.0 Å². The van der Waals surface area contributed by atoms with Gasteiger partial charge in [0, 0.05) is 19.8 Å². The molecule has 0 spiro atoms. The number of fused-ring (bicyclic) bond motifs is 1. The number of aromatic nitrogens is 4. The fraction of sp³-hybridized carbons (Fsp3) is 0.615. The number of rotatable bonds is 6. The standard InChI is InChI=1S/C13H19N5O4S/c1-19-5-8-7(22-23-3)4-9(21-8)18-6-15-10-11(18)16-13(14)17-12(10)20-2/h6-9H,4-5H2,1-3H3,(H2,14,16,17)/t7-,8?,9?/m0/s1. The number of methoxy groups -OCH3 is 2. The van der Waals surface area contributed by atoms with Crippen molar-refractivity contribution in [2.24, 2.45) is 0 Å². The number of ether oxygens (including phenoxy) is 3. The van der Waals surface area contributed by atoms with Crippen molar-refractivity contribution in [2.45, 2.75) is 24.9 Å². The van der Waals surface area contributed by atoms with Gasteiger partial charge in [-0.15, -0.1) is 0 Å². The van der Waals surface area contributed by atoms with Crippen LogP contribution in [0.1, 0.15) is 12.6 Å². The van der Waals surface area contributed by atoms with Crippen LogP contribution >= 0.6 is 12.0 Å². The van der Waals surface area contributed by atoms with Gasteiger partial charge in [0.1, 0.15) is 18.4 Å². The van der Waals surface area contributed by atoms with E-state index in [2.05, 4.69) is 15.0 Å². The average Bonchev–Trinajstić information content (AvgIpc) is 3.11. The maximum absolute atomic E-state index is 6.05. The summed E-state index contributed by atoms with van der Waals surface area (Å²) in [5, 5.41) is 0. The topological polar surface area (TPSA) is 107 Å². The molecule has 126 valence electrons. The molecule has 2 aromatic heterocycles. The third-order valence-corrected chi connectivity index (χ3v) is 4.08. The van der Waals surface area contributed by atoms with Crippen LogP contribution < -0.4 is 10.5 Å². The zero-order chi connectivity index (χ0) is 16.4. The first-order valence-corrected chi connectivity index (χ1v) is 8.20. The molecule has 0 amide bonds. The molecule has 0 aromatic carbocycles. The van der Waals surface area contributed by atoms with Crippen LogP contribution in [0.15, 0.2) is 6.33 Å². The van der Waals surface area contributed by atoms with Gasteiger partial charge in [0.15, 0.2) is 11.2 Å². The fourth-order valence-electron chi connectivity index (χ4n) is 2.67. The van der Waals surface area contributed by atoms with Gasteiger partial charge in [0.2, 0.25) is 11.8 Å². The lowest BCUT2D eigenvalue weighted by molar-refractivity contribution is -0.0462. The molecule has 10 heteroatoms. The van der Waals surface area contributed by atoms with E-state index in [9.17, 15) is 0 Å². The zero-order valence-electron chi connectivity index (χ0n) is 13.1. The molecule has 3 rings (SSSR count). The van der Waals surface area contributed by atoms with Crippen molar-refractivity contribution >= 4 is 29.2 Å². The Morgan fingerprint density at radius 1 is 1.43 bits per heavy atom. The third-order valence-electron chi connectivity index (χ3n) is 3.64. The van der Waals surface area contributed by atoms with Gasteiger partial charge in [-0.3, -0.25) is 4.57 Å². The summed E-state index contributed by atoms with van der Waals surface area (Å²) < 4.78 is 24.0. The van der Waals surface area contributed by atoms with Crippen molar-refractivity contribution in [2.75, 3.05) is 32.8 Å². The molecule has 1 fully saturated rings. The minimum Gasteiger partial charge on any atom is -0.479 e. The summed E-state index contributed by atoms with van der Waals surface area (Å²) in [6.45, 7) is 0.453. The number of nitrogens with zero attached hydrogens (tertiary/aromatic N) is 4. The highest BCUT2D eigenvalue weighted by Crippen LogP contribution is 2.35. The fourth-order valence-corrected chi connectivity index (χ4v) is 3.12. The van der Waals surface area contributed by atoms with E-state index >= 15 is 0 Å². The monoisotopic (exact) mass is 341 g/mol. The predicted molar refractivity (Wildman–Crippen MR) is 85.1 cm³/mol. The summed E-state index contributed by atoms with van der Waals surface area (Å²) in [6.07, 6.45) is 3.69. The smallest absolute Gasteiger partial charge is 0.246 e. The quantitative estimate of drug-likeness (QED) is 0.770. The maximum atomic E-state index is 6.05. The van der Waals surface area contributed by atoms with Crippen LogP contribution in [-0.4, -0.2) is 58.8 Å². The Labute approximate surface area is 137 Å². The summed E-state index contributed by atoms with van der Waals surface area (Å²) in [5.74, 6) is 0.467. The van der Waals surface area contributed by atoms with Gasteiger partial charge in [0.05, 0.1) is 20.0 Å². The molecule has 0 aliphatic carbocycles. The van der Waals surface area contributed by atoms with E-state index in [0.29, 0.717) is 30.1 Å². The molecule has 9 nitrogen and oxygen atoms in total. The first-order chi connectivity index (χ1) is 11.2. The summed E-state index contributed by atoms with van der Waals surface area (Å²) in [7, 11) is 3.15. The highest BCUT2D eigenvalue weighted by molar-refractivity contribution is 7.93. The molecule has 2 aromatic rings. The number of nitrogens with two attached hydrogens (primary N) is 1. The summed E-state index contributed by atoms with van der Waals surface area (Å²) in [5.41, 5.74) is 6.86. The van der Waals surface area contributed by atoms with Gasteiger partial charge in [-0.2, -0.15) is 9.97 Å². The normalized spacial score (nSPS) is 24.4. The van der Waals surface area contributed by atoms with E-state index in [1.54, 1.807) is 13.4 Å². The summed E-state index contributed by atoms with van der Waals surface area (Å²) in [4.78, 5) is 12.6. The summed E-state index contributed by atoms with van der Waals surface area (Å²) >= 11 is 1.31. The largest absolute Gasteiger partial charge is 0.479 e. The molecule has 23 heavy (non-hydrogen) atoms. The van der Waals surface area contributed by atoms with Crippen LogP contribution in [0.3, 0.4) is 0 Å². The van der Waals surface area contributed by atoms with Gasteiger partial charge >= 0.3 is 0 Å². The van der Waals surface area contributed by atoms with Crippen molar-refractivity contribution in [1.29, 1.82) is 0 Å². The summed E-state index contributed by atoms with van der Waals surface area (Å²) in [6, 6.07) is 0. The zero-order valence-corrected chi connectivity index (χ0v) is 13.9. The second-order valence-corrected chi connectivity index (χ2v) is 5.56. The molecule has 1 saturated heterocycles. The highest BCUT2D eigenvalue weighted by Gasteiger charge is 2.38. The second-order valence-electron chi connectivity index (χ2n) is 5.04. The molecule has 1 aliphatic heterocycles. The van der Waals surface area contributed by atoms with Crippen molar-refractivity contribution in [3.63, 3.8) is 0 Å². The molecular formula is C13H19N5O4S. The number of imidazole rings is 1. The first-order valence-electron chi connectivity index (χ1n) is 7.05. The Kier molecular flexibility index (Phi) is 4.85. The Bertz CT molecular complexity index is 668. The van der Waals surface area contributed by atoms with Crippen LogP contribution in [0.25, 0.3) is 11.2 Å². The SMILES string of the molecule is COCC1OC(n2cnc3c(OC)nc(N)nc32)C[C@@H]1OSC. The van der Waals surface area contributed by atoms with E-state index < -0.39 is 0 Å². The van der Waals surface area contributed by atoms with Crippen LogP contribution in [-0.2, 0) is 13.7 Å². The molecule has 3 heterocycles. The number of hydrogen-bond acceptors (Lipinski definition) is 9. The van der Waals surface area contributed by atoms with Gasteiger partial charge in [-0.1, -0.05) is 0 Å². The molecule has 0 saturated carbocycles. The van der Waals surface area contributed by atoms with Gasteiger partial charge < -0.3 is 24.1 Å². The molecule has 3 atom stereocenters. The number of anilines is 1. The predicted octanol–water partition coefficient (Wildman–Crippen LogP) is 1.01. The third kappa shape index (κ3) is 3.07. The lowest BCUT2D eigenvalue weighted by Crippen LogP contribution is -2.27. The van der Waals surface area contributed by atoms with Crippen LogP contribution in [0.4, 0.5) is 5.95 Å². The van der Waals surface area contributed by atoms with Gasteiger partial charge in [-0.25, -0.2) is 4.98 Å². The van der Waals surface area contributed by atoms with Crippen molar-refractivity contribution in [3.8, 4) is 5.88 Å². The molecule has 2 unspecified atom stereocenters. The minimum absolute atomic E-state index is 0.0755. The molecule has 1 aliphatic rings. The first kappa shape index (κ1) is 16.2. The minimum atomic E-state index is -0.267. The molecule has 0 radical (unpaired) electrons. The Hall–Kier alpha value is -1.62. The van der Waals surface area contributed by atoms with Crippen LogP contribution in [0.2, 0.25) is 0 Å². The van der Waals surface area contributed by atoms with Gasteiger partial charge in [0.25, 0.3) is 0 Å².